The molecule has 2 unspecified atom stereocenters. The van der Waals surface area contributed by atoms with Crippen LogP contribution in [-0.4, -0.2) is 18.0 Å². The molecule has 4 heteroatoms. The average Bonchev–Trinajstić information content (AvgIpc) is 2.43. The zero-order valence-corrected chi connectivity index (χ0v) is 14.6. The van der Waals surface area contributed by atoms with Crippen LogP contribution < -0.4 is 5.73 Å². The fourth-order valence-corrected chi connectivity index (χ4v) is 3.13. The third-order valence-corrected chi connectivity index (χ3v) is 4.41. The van der Waals surface area contributed by atoms with Crippen LogP contribution in [0.3, 0.4) is 0 Å². The van der Waals surface area contributed by atoms with Gasteiger partial charge in [0.15, 0.2) is 0 Å². The molecule has 112 valence electrons. The van der Waals surface area contributed by atoms with Crippen molar-refractivity contribution in [2.24, 2.45) is 5.73 Å². The Hall–Kier alpha value is -0.870. The van der Waals surface area contributed by atoms with Gasteiger partial charge in [-0.1, -0.05) is 57.9 Å². The highest BCUT2D eigenvalue weighted by atomic mass is 79.9. The monoisotopic (exact) mass is 366 g/mol. The molecule has 2 N–H and O–H groups in total. The Morgan fingerprint density at radius 3 is 2.33 bits per heavy atom. The topological polar surface area (TPSA) is 29.3 Å². The number of nitrogens with two attached hydrogens (primary N) is 1. The van der Waals surface area contributed by atoms with Crippen LogP contribution in [0.15, 0.2) is 53.0 Å². The minimum atomic E-state index is -0.00894. The van der Waals surface area contributed by atoms with E-state index in [2.05, 4.69) is 58.2 Å². The van der Waals surface area contributed by atoms with Crippen molar-refractivity contribution in [2.75, 3.05) is 7.05 Å². The van der Waals surface area contributed by atoms with Gasteiger partial charge in [0.2, 0.25) is 0 Å². The zero-order valence-electron chi connectivity index (χ0n) is 12.3. The van der Waals surface area contributed by atoms with Gasteiger partial charge in [-0.05, 0) is 43.3 Å². The van der Waals surface area contributed by atoms with Crippen LogP contribution in [0.2, 0.25) is 5.02 Å². The van der Waals surface area contributed by atoms with Gasteiger partial charge < -0.3 is 5.73 Å². The van der Waals surface area contributed by atoms with Crippen molar-refractivity contribution >= 4 is 27.5 Å². The van der Waals surface area contributed by atoms with Crippen LogP contribution in [0.1, 0.15) is 24.1 Å². The van der Waals surface area contributed by atoms with E-state index in [4.69, 9.17) is 17.3 Å². The van der Waals surface area contributed by atoms with E-state index in [1.54, 1.807) is 0 Å². The molecule has 0 radical (unpaired) electrons. The summed E-state index contributed by atoms with van der Waals surface area (Å²) in [6.07, 6.45) is 0. The molecule has 2 atom stereocenters. The molecule has 0 amide bonds. The van der Waals surface area contributed by atoms with E-state index >= 15 is 0 Å². The predicted octanol–water partition coefficient (Wildman–Crippen LogP) is 4.62. The molecular weight excluding hydrogens is 348 g/mol. The molecule has 21 heavy (non-hydrogen) atoms. The van der Waals surface area contributed by atoms with Gasteiger partial charge in [-0.3, -0.25) is 4.90 Å². The van der Waals surface area contributed by atoms with Crippen LogP contribution in [0, 0.1) is 0 Å². The van der Waals surface area contributed by atoms with Gasteiger partial charge in [0.1, 0.15) is 0 Å². The SMILES string of the molecule is CC(N)C(c1ccccc1Cl)N(C)Cc1ccc(Br)cc1. The van der Waals surface area contributed by atoms with Gasteiger partial charge in [-0.2, -0.15) is 0 Å². The summed E-state index contributed by atoms with van der Waals surface area (Å²) in [5.41, 5.74) is 8.53. The van der Waals surface area contributed by atoms with E-state index in [0.717, 1.165) is 21.6 Å². The number of hydrogen-bond acceptors (Lipinski definition) is 2. The van der Waals surface area contributed by atoms with Crippen LogP contribution in [0.5, 0.6) is 0 Å². The third-order valence-electron chi connectivity index (χ3n) is 3.54. The van der Waals surface area contributed by atoms with Gasteiger partial charge in [-0.25, -0.2) is 0 Å². The summed E-state index contributed by atoms with van der Waals surface area (Å²) in [4.78, 5) is 2.25. The Balaban J connectivity index is 2.22. The van der Waals surface area contributed by atoms with Crippen molar-refractivity contribution < 1.29 is 0 Å². The van der Waals surface area contributed by atoms with Crippen LogP contribution in [0.4, 0.5) is 0 Å². The second kappa shape index (κ2) is 7.41. The molecule has 0 fully saturated rings. The highest BCUT2D eigenvalue weighted by Gasteiger charge is 2.23. The summed E-state index contributed by atoms with van der Waals surface area (Å²) in [6, 6.07) is 16.3. The first kappa shape index (κ1) is 16.5. The largest absolute Gasteiger partial charge is 0.326 e. The van der Waals surface area contributed by atoms with Crippen molar-refractivity contribution in [1.29, 1.82) is 0 Å². The van der Waals surface area contributed by atoms with E-state index in [1.807, 2.05) is 25.1 Å². The molecular formula is C17H20BrClN2. The molecule has 0 bridgehead atoms. The number of likely N-dealkylation sites (N-methyl/N-ethyl adjacent to an activating group) is 1. The van der Waals surface area contributed by atoms with Gasteiger partial charge in [0.05, 0.1) is 6.04 Å². The van der Waals surface area contributed by atoms with Crippen molar-refractivity contribution in [3.8, 4) is 0 Å². The second-order valence-corrected chi connectivity index (χ2v) is 6.69. The van der Waals surface area contributed by atoms with Crippen LogP contribution >= 0.6 is 27.5 Å². The smallest absolute Gasteiger partial charge is 0.0511 e. The lowest BCUT2D eigenvalue weighted by Gasteiger charge is -2.32. The van der Waals surface area contributed by atoms with Crippen LogP contribution in [0.25, 0.3) is 0 Å². The molecule has 0 spiro atoms. The average molecular weight is 368 g/mol. The molecule has 2 nitrogen and oxygen atoms in total. The van der Waals surface area contributed by atoms with Gasteiger partial charge in [0, 0.05) is 22.1 Å². The lowest BCUT2D eigenvalue weighted by atomic mass is 9.99. The normalized spacial score (nSPS) is 14.2. The molecule has 0 saturated carbocycles. The molecule has 0 saturated heterocycles. The minimum Gasteiger partial charge on any atom is -0.326 e. The Morgan fingerprint density at radius 2 is 1.76 bits per heavy atom. The number of nitrogens with zero attached hydrogens (tertiary/aromatic N) is 1. The molecule has 0 aromatic heterocycles. The second-order valence-electron chi connectivity index (χ2n) is 5.37. The zero-order chi connectivity index (χ0) is 15.4. The molecule has 0 heterocycles. The highest BCUT2D eigenvalue weighted by molar-refractivity contribution is 9.10. The Labute approximate surface area is 140 Å². The third kappa shape index (κ3) is 4.30. The first-order chi connectivity index (χ1) is 9.99. The van der Waals surface area contributed by atoms with Crippen molar-refractivity contribution in [2.45, 2.75) is 25.6 Å². The summed E-state index contributed by atoms with van der Waals surface area (Å²) in [5.74, 6) is 0. The molecule has 0 aliphatic rings. The minimum absolute atomic E-state index is 0.00894. The maximum absolute atomic E-state index is 6.34. The number of hydrogen-bond donors (Lipinski definition) is 1. The quantitative estimate of drug-likeness (QED) is 0.835. The van der Waals surface area contributed by atoms with Gasteiger partial charge in [-0.15, -0.1) is 0 Å². The summed E-state index contributed by atoms with van der Waals surface area (Å²) >= 11 is 9.80. The Morgan fingerprint density at radius 1 is 1.14 bits per heavy atom. The van der Waals surface area contributed by atoms with E-state index in [0.29, 0.717) is 0 Å². The first-order valence-corrected chi connectivity index (χ1v) is 8.11. The fourth-order valence-electron chi connectivity index (χ4n) is 2.61. The summed E-state index contributed by atoms with van der Waals surface area (Å²) in [5, 5.41) is 0.766. The maximum atomic E-state index is 6.34. The molecule has 0 aliphatic carbocycles. The fraction of sp³-hybridized carbons (Fsp3) is 0.294. The maximum Gasteiger partial charge on any atom is 0.0511 e. The molecule has 2 rings (SSSR count). The highest BCUT2D eigenvalue weighted by Crippen LogP contribution is 2.29. The summed E-state index contributed by atoms with van der Waals surface area (Å²) in [7, 11) is 2.08. The summed E-state index contributed by atoms with van der Waals surface area (Å²) in [6.45, 7) is 2.84. The van der Waals surface area contributed by atoms with E-state index < -0.39 is 0 Å². The molecule has 2 aromatic rings. The molecule has 0 aliphatic heterocycles. The van der Waals surface area contributed by atoms with Crippen molar-refractivity contribution in [3.63, 3.8) is 0 Å². The molecule has 2 aromatic carbocycles. The van der Waals surface area contributed by atoms with E-state index in [9.17, 15) is 0 Å². The van der Waals surface area contributed by atoms with E-state index in [-0.39, 0.29) is 12.1 Å². The van der Waals surface area contributed by atoms with Crippen LogP contribution in [-0.2, 0) is 6.54 Å². The van der Waals surface area contributed by atoms with Crippen molar-refractivity contribution in [1.82, 2.24) is 4.90 Å². The summed E-state index contributed by atoms with van der Waals surface area (Å²) < 4.78 is 1.09. The van der Waals surface area contributed by atoms with E-state index in [1.165, 1.54) is 5.56 Å². The lowest BCUT2D eigenvalue weighted by molar-refractivity contribution is 0.211. The first-order valence-electron chi connectivity index (χ1n) is 6.93. The van der Waals surface area contributed by atoms with Gasteiger partial charge >= 0.3 is 0 Å². The lowest BCUT2D eigenvalue weighted by Crippen LogP contribution is -2.37. The van der Waals surface area contributed by atoms with Gasteiger partial charge in [0.25, 0.3) is 0 Å². The standard InChI is InChI=1S/C17H20BrClN2/c1-12(20)17(15-5-3-4-6-16(15)19)21(2)11-13-7-9-14(18)10-8-13/h3-10,12,17H,11,20H2,1-2H3. The number of rotatable bonds is 5. The Kier molecular flexibility index (Phi) is 5.82. The number of benzene rings is 2. The van der Waals surface area contributed by atoms with Crippen molar-refractivity contribution in [3.05, 3.63) is 69.2 Å². The number of halogens is 2. The Bertz CT molecular complexity index is 584. The predicted molar refractivity (Wildman–Crippen MR) is 93.5 cm³/mol.